The van der Waals surface area contributed by atoms with Crippen molar-refractivity contribution in [2.75, 3.05) is 6.61 Å². The molecule has 0 aromatic heterocycles. The number of fused-ring (bicyclic) bond motifs is 3. The first-order valence-electron chi connectivity index (χ1n) is 9.59. The fourth-order valence-corrected chi connectivity index (χ4v) is 8.13. The molecule has 22 heavy (non-hydrogen) atoms. The van der Waals surface area contributed by atoms with Crippen LogP contribution in [-0.4, -0.2) is 22.4 Å². The van der Waals surface area contributed by atoms with E-state index in [9.17, 15) is 10.2 Å². The van der Waals surface area contributed by atoms with Gasteiger partial charge in [0.05, 0.1) is 12.2 Å². The van der Waals surface area contributed by atoms with Crippen molar-refractivity contribution in [3.05, 3.63) is 0 Å². The van der Waals surface area contributed by atoms with Gasteiger partial charge in [0.15, 0.2) is 0 Å². The highest BCUT2D eigenvalue weighted by Gasteiger charge is 2.66. The van der Waals surface area contributed by atoms with Gasteiger partial charge in [0.25, 0.3) is 0 Å². The van der Waals surface area contributed by atoms with E-state index >= 15 is 0 Å². The van der Waals surface area contributed by atoms with Crippen LogP contribution in [0.4, 0.5) is 0 Å². The molecule has 0 aromatic carbocycles. The Balaban J connectivity index is 1.72. The van der Waals surface area contributed by atoms with Crippen LogP contribution < -0.4 is 0 Å². The van der Waals surface area contributed by atoms with E-state index in [-0.39, 0.29) is 6.61 Å². The third kappa shape index (κ3) is 1.80. The smallest absolute Gasteiger partial charge is 0.0910 e. The summed E-state index contributed by atoms with van der Waals surface area (Å²) in [5.74, 6) is 1.98. The van der Waals surface area contributed by atoms with Crippen LogP contribution in [0.3, 0.4) is 0 Å². The molecule has 0 aromatic rings. The van der Waals surface area contributed by atoms with Crippen molar-refractivity contribution in [1.29, 1.82) is 0 Å². The maximum absolute atomic E-state index is 10.9. The van der Waals surface area contributed by atoms with Crippen molar-refractivity contribution in [2.45, 2.75) is 84.2 Å². The molecule has 4 fully saturated rings. The third-order valence-electron chi connectivity index (χ3n) is 8.89. The van der Waals surface area contributed by atoms with Gasteiger partial charge in [-0.05, 0) is 85.4 Å². The molecule has 4 aliphatic carbocycles. The molecule has 2 N–H and O–H groups in total. The summed E-state index contributed by atoms with van der Waals surface area (Å²) in [4.78, 5) is 0. The van der Waals surface area contributed by atoms with Crippen molar-refractivity contribution in [1.82, 2.24) is 0 Å². The van der Waals surface area contributed by atoms with Crippen LogP contribution in [0.5, 0.6) is 0 Å². The van der Waals surface area contributed by atoms with E-state index in [2.05, 4.69) is 20.8 Å². The van der Waals surface area contributed by atoms with E-state index in [1.54, 1.807) is 0 Å². The number of rotatable bonds is 1. The first-order chi connectivity index (χ1) is 10.3. The lowest BCUT2D eigenvalue weighted by molar-refractivity contribution is -0.145. The fourth-order valence-electron chi connectivity index (χ4n) is 8.13. The second kappa shape index (κ2) is 4.51. The SMILES string of the molecule is CC1(C)CCC[C@@]2(C)[C@H]1CC[C@]13C[C@@H](CC[C@@H]12)[C@](O)(CO)C3. The van der Waals surface area contributed by atoms with Crippen molar-refractivity contribution in [2.24, 2.45) is 34.0 Å². The van der Waals surface area contributed by atoms with Crippen molar-refractivity contribution in [3.8, 4) is 0 Å². The lowest BCUT2D eigenvalue weighted by atomic mass is 9.41. The lowest BCUT2D eigenvalue weighted by Gasteiger charge is -2.64. The Bertz CT molecular complexity index is 472. The molecule has 0 heterocycles. The molecule has 0 radical (unpaired) electrons. The minimum absolute atomic E-state index is 0.0300. The first kappa shape index (κ1) is 15.4. The Kier molecular flexibility index (Phi) is 3.16. The maximum atomic E-state index is 10.9. The van der Waals surface area contributed by atoms with Crippen molar-refractivity contribution in [3.63, 3.8) is 0 Å². The summed E-state index contributed by atoms with van der Waals surface area (Å²) in [5.41, 5.74) is 0.504. The molecule has 0 amide bonds. The summed E-state index contributed by atoms with van der Waals surface area (Å²) in [7, 11) is 0. The average Bonchev–Trinajstić information content (AvgIpc) is 2.65. The Morgan fingerprint density at radius 2 is 1.73 bits per heavy atom. The molecule has 0 aliphatic heterocycles. The van der Waals surface area contributed by atoms with E-state index in [1.807, 2.05) is 0 Å². The van der Waals surface area contributed by atoms with E-state index < -0.39 is 5.60 Å². The van der Waals surface area contributed by atoms with Gasteiger partial charge in [0.2, 0.25) is 0 Å². The number of hydrogen-bond acceptors (Lipinski definition) is 2. The molecule has 0 unspecified atom stereocenters. The summed E-state index contributed by atoms with van der Waals surface area (Å²) in [6, 6.07) is 0. The van der Waals surface area contributed by atoms with Gasteiger partial charge >= 0.3 is 0 Å². The van der Waals surface area contributed by atoms with Gasteiger partial charge in [-0.25, -0.2) is 0 Å². The molecule has 2 nitrogen and oxygen atoms in total. The molecular formula is C20H34O2. The molecule has 4 aliphatic rings. The largest absolute Gasteiger partial charge is 0.393 e. The quantitative estimate of drug-likeness (QED) is 0.764. The molecule has 2 bridgehead atoms. The molecule has 0 saturated heterocycles. The zero-order chi connectivity index (χ0) is 15.8. The van der Waals surface area contributed by atoms with Gasteiger partial charge in [-0.3, -0.25) is 0 Å². The zero-order valence-electron chi connectivity index (χ0n) is 14.7. The summed E-state index contributed by atoms with van der Waals surface area (Å²) in [6.07, 6.45) is 11.2. The summed E-state index contributed by atoms with van der Waals surface area (Å²) < 4.78 is 0. The summed E-state index contributed by atoms with van der Waals surface area (Å²) >= 11 is 0. The predicted octanol–water partition coefficient (Wildman–Crippen LogP) is 4.14. The zero-order valence-corrected chi connectivity index (χ0v) is 14.7. The molecule has 6 atom stereocenters. The lowest BCUT2D eigenvalue weighted by Crippen LogP contribution is -2.55. The summed E-state index contributed by atoms with van der Waals surface area (Å²) in [5, 5.41) is 20.7. The second-order valence-electron chi connectivity index (χ2n) is 10.3. The van der Waals surface area contributed by atoms with Crippen LogP contribution >= 0.6 is 0 Å². The third-order valence-corrected chi connectivity index (χ3v) is 8.89. The average molecular weight is 306 g/mol. The Hall–Kier alpha value is -0.0800. The van der Waals surface area contributed by atoms with E-state index in [0.29, 0.717) is 22.2 Å². The first-order valence-corrected chi connectivity index (χ1v) is 9.59. The van der Waals surface area contributed by atoms with Crippen LogP contribution in [0, 0.1) is 34.0 Å². The van der Waals surface area contributed by atoms with Gasteiger partial charge in [-0.2, -0.15) is 0 Å². The van der Waals surface area contributed by atoms with Crippen LogP contribution in [0.15, 0.2) is 0 Å². The highest BCUT2D eigenvalue weighted by atomic mass is 16.3. The summed E-state index contributed by atoms with van der Waals surface area (Å²) in [6.45, 7) is 7.55. The predicted molar refractivity (Wildman–Crippen MR) is 88.4 cm³/mol. The van der Waals surface area contributed by atoms with Gasteiger partial charge < -0.3 is 10.2 Å². The highest BCUT2D eigenvalue weighted by molar-refractivity contribution is 5.16. The molecule has 2 heteroatoms. The maximum Gasteiger partial charge on any atom is 0.0910 e. The van der Waals surface area contributed by atoms with E-state index in [1.165, 1.54) is 44.9 Å². The van der Waals surface area contributed by atoms with Crippen LogP contribution in [0.1, 0.15) is 78.6 Å². The topological polar surface area (TPSA) is 40.5 Å². The Morgan fingerprint density at radius 3 is 2.45 bits per heavy atom. The van der Waals surface area contributed by atoms with Crippen LogP contribution in [0.25, 0.3) is 0 Å². The van der Waals surface area contributed by atoms with Gasteiger partial charge in [-0.15, -0.1) is 0 Å². The minimum Gasteiger partial charge on any atom is -0.393 e. The molecule has 4 saturated carbocycles. The molecule has 126 valence electrons. The van der Waals surface area contributed by atoms with Crippen LogP contribution in [-0.2, 0) is 0 Å². The van der Waals surface area contributed by atoms with Crippen molar-refractivity contribution >= 4 is 0 Å². The fraction of sp³-hybridized carbons (Fsp3) is 1.00. The van der Waals surface area contributed by atoms with E-state index in [0.717, 1.165) is 24.7 Å². The van der Waals surface area contributed by atoms with Gasteiger partial charge in [0, 0.05) is 0 Å². The number of hydrogen-bond donors (Lipinski definition) is 2. The standard InChI is InChI=1S/C20H34O2/c1-17(2)8-4-9-18(3)15(17)7-10-19-11-14(5-6-16(18)19)20(22,12-19)13-21/h14-16,21-22H,4-13H2,1-3H3/t14-,15+,16-,18+,19-,20-/m1/s1. The highest BCUT2D eigenvalue weighted by Crippen LogP contribution is 2.72. The normalized spacial score (nSPS) is 56.3. The molecule has 4 rings (SSSR count). The number of aliphatic hydroxyl groups is 2. The molecular weight excluding hydrogens is 272 g/mol. The number of aliphatic hydroxyl groups excluding tert-OH is 1. The molecule has 1 spiro atoms. The van der Waals surface area contributed by atoms with Gasteiger partial charge in [0.1, 0.15) is 0 Å². The monoisotopic (exact) mass is 306 g/mol. The minimum atomic E-state index is -0.776. The van der Waals surface area contributed by atoms with E-state index in [4.69, 9.17) is 0 Å². The Morgan fingerprint density at radius 1 is 0.955 bits per heavy atom. The Labute approximate surface area is 135 Å². The van der Waals surface area contributed by atoms with Crippen molar-refractivity contribution < 1.29 is 10.2 Å². The van der Waals surface area contributed by atoms with Crippen LogP contribution in [0.2, 0.25) is 0 Å². The second-order valence-corrected chi connectivity index (χ2v) is 10.3. The van der Waals surface area contributed by atoms with Gasteiger partial charge in [-0.1, -0.05) is 27.2 Å².